The maximum atomic E-state index is 12.8. The van der Waals surface area contributed by atoms with E-state index in [2.05, 4.69) is 15.6 Å². The first-order valence-corrected chi connectivity index (χ1v) is 9.40. The number of hydrogen-bond donors (Lipinski definition) is 2. The van der Waals surface area contributed by atoms with Gasteiger partial charge in [-0.15, -0.1) is 0 Å². The average molecular weight is 364 g/mol. The number of benzene rings is 1. The monoisotopic (exact) mass is 364 g/mol. The molecule has 6 heteroatoms. The highest BCUT2D eigenvalue weighted by Gasteiger charge is 2.46. The summed E-state index contributed by atoms with van der Waals surface area (Å²) in [5.74, 6) is 0.719. The molecule has 0 saturated carbocycles. The molecule has 2 amide bonds. The third-order valence-corrected chi connectivity index (χ3v) is 5.77. The minimum atomic E-state index is -0.192. The molecule has 1 aromatic carbocycles. The lowest BCUT2D eigenvalue weighted by Crippen LogP contribution is -2.52. The highest BCUT2D eigenvalue weighted by atomic mass is 16.2. The van der Waals surface area contributed by atoms with E-state index in [1.165, 1.54) is 0 Å². The summed E-state index contributed by atoms with van der Waals surface area (Å²) in [6.07, 6.45) is 4.03. The van der Waals surface area contributed by atoms with Crippen LogP contribution in [0, 0.1) is 0 Å². The molecule has 27 heavy (non-hydrogen) atoms. The second-order valence-corrected chi connectivity index (χ2v) is 7.41. The number of anilines is 1. The molecule has 4 rings (SSSR count). The number of amides is 2. The maximum Gasteiger partial charge on any atom is 0.254 e. The molecule has 6 nitrogen and oxygen atoms in total. The molecule has 1 aromatic heterocycles. The fourth-order valence-corrected chi connectivity index (χ4v) is 4.19. The number of pyridine rings is 1. The van der Waals surface area contributed by atoms with Gasteiger partial charge in [-0.05, 0) is 37.0 Å². The number of carbonyl (C=O) groups excluding carboxylic acids is 2. The topological polar surface area (TPSA) is 74.3 Å². The summed E-state index contributed by atoms with van der Waals surface area (Å²) in [5.41, 5.74) is 1.52. The quantitative estimate of drug-likeness (QED) is 0.877. The van der Waals surface area contributed by atoms with Crippen molar-refractivity contribution in [1.29, 1.82) is 0 Å². The molecule has 0 aliphatic carbocycles. The van der Waals surface area contributed by atoms with E-state index in [-0.39, 0.29) is 23.3 Å². The summed E-state index contributed by atoms with van der Waals surface area (Å²) in [7, 11) is 1.78. The van der Waals surface area contributed by atoms with E-state index in [4.69, 9.17) is 0 Å². The fraction of sp³-hybridized carbons (Fsp3) is 0.381. The number of piperidine rings is 1. The zero-order valence-electron chi connectivity index (χ0n) is 15.4. The van der Waals surface area contributed by atoms with Crippen LogP contribution in [0.2, 0.25) is 0 Å². The van der Waals surface area contributed by atoms with Crippen LogP contribution in [-0.4, -0.2) is 47.4 Å². The molecular weight excluding hydrogens is 340 g/mol. The molecule has 1 spiro atoms. The van der Waals surface area contributed by atoms with Crippen LogP contribution in [0.1, 0.15) is 41.1 Å². The second kappa shape index (κ2) is 7.02. The van der Waals surface area contributed by atoms with Crippen molar-refractivity contribution in [2.45, 2.75) is 30.7 Å². The van der Waals surface area contributed by atoms with E-state index in [0.29, 0.717) is 24.5 Å². The predicted molar refractivity (Wildman–Crippen MR) is 104 cm³/mol. The van der Waals surface area contributed by atoms with Gasteiger partial charge in [-0.25, -0.2) is 4.98 Å². The summed E-state index contributed by atoms with van der Waals surface area (Å²) < 4.78 is 0. The van der Waals surface area contributed by atoms with Gasteiger partial charge in [0.1, 0.15) is 5.82 Å². The second-order valence-electron chi connectivity index (χ2n) is 7.41. The Morgan fingerprint density at radius 1 is 1.22 bits per heavy atom. The summed E-state index contributed by atoms with van der Waals surface area (Å²) in [4.78, 5) is 31.4. The van der Waals surface area contributed by atoms with E-state index in [0.717, 1.165) is 24.8 Å². The number of nitrogens with zero attached hydrogens (tertiary/aromatic N) is 2. The van der Waals surface area contributed by atoms with Crippen LogP contribution < -0.4 is 10.6 Å². The molecule has 0 radical (unpaired) electrons. The summed E-state index contributed by atoms with van der Waals surface area (Å²) in [6.45, 7) is 1.30. The summed E-state index contributed by atoms with van der Waals surface area (Å²) in [6, 6.07) is 13.5. The van der Waals surface area contributed by atoms with Crippen molar-refractivity contribution in [2.75, 3.05) is 25.5 Å². The van der Waals surface area contributed by atoms with E-state index < -0.39 is 0 Å². The van der Waals surface area contributed by atoms with Gasteiger partial charge in [-0.1, -0.05) is 30.3 Å². The molecule has 0 unspecified atom stereocenters. The van der Waals surface area contributed by atoms with Crippen molar-refractivity contribution in [3.8, 4) is 0 Å². The summed E-state index contributed by atoms with van der Waals surface area (Å²) in [5, 5.41) is 6.20. The highest BCUT2D eigenvalue weighted by Crippen LogP contribution is 2.39. The van der Waals surface area contributed by atoms with Crippen molar-refractivity contribution in [2.24, 2.45) is 0 Å². The van der Waals surface area contributed by atoms with Gasteiger partial charge >= 0.3 is 0 Å². The highest BCUT2D eigenvalue weighted by molar-refractivity contribution is 5.95. The van der Waals surface area contributed by atoms with Gasteiger partial charge in [0.2, 0.25) is 5.91 Å². The lowest BCUT2D eigenvalue weighted by Gasteiger charge is -2.39. The van der Waals surface area contributed by atoms with E-state index in [1.54, 1.807) is 25.4 Å². The number of carbonyl (C=O) groups is 2. The number of aromatic nitrogens is 1. The number of nitrogens with one attached hydrogen (secondary N) is 2. The van der Waals surface area contributed by atoms with Crippen molar-refractivity contribution in [1.82, 2.24) is 15.2 Å². The van der Waals surface area contributed by atoms with Gasteiger partial charge < -0.3 is 15.5 Å². The van der Waals surface area contributed by atoms with Crippen molar-refractivity contribution < 1.29 is 9.59 Å². The smallest absolute Gasteiger partial charge is 0.254 e. The van der Waals surface area contributed by atoms with Crippen molar-refractivity contribution in [3.63, 3.8) is 0 Å². The molecule has 2 aromatic rings. The van der Waals surface area contributed by atoms with Gasteiger partial charge in [-0.3, -0.25) is 9.59 Å². The molecule has 2 saturated heterocycles. The Kier molecular flexibility index (Phi) is 4.56. The van der Waals surface area contributed by atoms with E-state index in [9.17, 15) is 9.59 Å². The lowest BCUT2D eigenvalue weighted by molar-refractivity contribution is -0.121. The van der Waals surface area contributed by atoms with Gasteiger partial charge in [0.25, 0.3) is 5.91 Å². The third-order valence-electron chi connectivity index (χ3n) is 5.77. The molecule has 2 fully saturated rings. The summed E-state index contributed by atoms with van der Waals surface area (Å²) >= 11 is 0. The van der Waals surface area contributed by atoms with Crippen LogP contribution in [0.4, 0.5) is 5.82 Å². The van der Waals surface area contributed by atoms with Crippen LogP contribution in [0.5, 0.6) is 0 Å². The molecule has 3 heterocycles. The van der Waals surface area contributed by atoms with E-state index >= 15 is 0 Å². The Balaban J connectivity index is 1.43. The average Bonchev–Trinajstić information content (AvgIpc) is 3.04. The van der Waals surface area contributed by atoms with Crippen LogP contribution in [0.15, 0.2) is 48.7 Å². The number of hydrogen-bond acceptors (Lipinski definition) is 4. The Morgan fingerprint density at radius 2 is 1.96 bits per heavy atom. The largest absolute Gasteiger partial charge is 0.373 e. The normalized spacial score (nSPS) is 21.1. The number of rotatable bonds is 3. The Morgan fingerprint density at radius 3 is 2.67 bits per heavy atom. The SMILES string of the molecule is CNc1cc(C(=O)N2CCC3(CC2)C[C@H](c2ccccc2)C(=O)N3)ccn1. The Bertz CT molecular complexity index is 844. The predicted octanol–water partition coefficient (Wildman–Crippen LogP) is 2.40. The first-order chi connectivity index (χ1) is 13.1. The zero-order valence-corrected chi connectivity index (χ0v) is 15.4. The van der Waals surface area contributed by atoms with Crippen LogP contribution in [-0.2, 0) is 4.79 Å². The van der Waals surface area contributed by atoms with Gasteiger partial charge in [0.15, 0.2) is 0 Å². The first-order valence-electron chi connectivity index (χ1n) is 9.40. The zero-order chi connectivity index (χ0) is 18.9. The molecular formula is C21H24N4O2. The fourth-order valence-electron chi connectivity index (χ4n) is 4.19. The molecule has 2 N–H and O–H groups in total. The van der Waals surface area contributed by atoms with Gasteiger partial charge in [0, 0.05) is 37.4 Å². The molecule has 140 valence electrons. The van der Waals surface area contributed by atoms with Crippen molar-refractivity contribution >= 4 is 17.6 Å². The first kappa shape index (κ1) is 17.5. The molecule has 1 atom stereocenters. The van der Waals surface area contributed by atoms with Crippen LogP contribution >= 0.6 is 0 Å². The standard InChI is InChI=1S/C21H24N4O2/c1-22-18-13-16(7-10-23-18)20(27)25-11-8-21(9-12-25)14-17(19(26)24-21)15-5-3-2-4-6-15/h2-7,10,13,17H,8-9,11-12,14H2,1H3,(H,22,23)(H,24,26)/t17-/m1/s1. The minimum absolute atomic E-state index is 0.0210. The molecule has 0 bridgehead atoms. The third kappa shape index (κ3) is 3.39. The van der Waals surface area contributed by atoms with Crippen molar-refractivity contribution in [3.05, 3.63) is 59.8 Å². The minimum Gasteiger partial charge on any atom is -0.373 e. The number of likely N-dealkylation sites (tertiary alicyclic amines) is 1. The van der Waals surface area contributed by atoms with Crippen LogP contribution in [0.3, 0.4) is 0 Å². The van der Waals surface area contributed by atoms with E-state index in [1.807, 2.05) is 35.2 Å². The lowest BCUT2D eigenvalue weighted by atomic mass is 9.82. The van der Waals surface area contributed by atoms with Gasteiger partial charge in [-0.2, -0.15) is 0 Å². The van der Waals surface area contributed by atoms with Crippen LogP contribution in [0.25, 0.3) is 0 Å². The Hall–Kier alpha value is -2.89. The molecule has 2 aliphatic rings. The van der Waals surface area contributed by atoms with Gasteiger partial charge in [0.05, 0.1) is 5.92 Å². The maximum absolute atomic E-state index is 12.8. The molecule has 2 aliphatic heterocycles. The Labute approximate surface area is 159 Å².